The van der Waals surface area contributed by atoms with Gasteiger partial charge in [-0.25, -0.2) is 0 Å². The molecule has 2 aromatic rings. The largest absolute Gasteiger partial charge is 0.481 e. The van der Waals surface area contributed by atoms with Crippen LogP contribution in [0.1, 0.15) is 43.4 Å². The quantitative estimate of drug-likeness (QED) is 0.588. The minimum absolute atomic E-state index is 0.157. The first-order valence-corrected chi connectivity index (χ1v) is 9.82. The van der Waals surface area contributed by atoms with Crippen molar-refractivity contribution < 1.29 is 19.4 Å². The van der Waals surface area contributed by atoms with E-state index in [1.165, 1.54) is 0 Å². The molecule has 0 aliphatic heterocycles. The van der Waals surface area contributed by atoms with Crippen molar-refractivity contribution >= 4 is 17.6 Å². The number of esters is 1. The second-order valence-corrected chi connectivity index (χ2v) is 6.66. The zero-order valence-corrected chi connectivity index (χ0v) is 16.7. The lowest BCUT2D eigenvalue weighted by Crippen LogP contribution is -2.31. The number of carboxylic acid groups (broad SMARTS) is 1. The number of nitrogens with zero attached hydrogens (tertiary/aromatic N) is 1. The average molecular weight is 383 g/mol. The van der Waals surface area contributed by atoms with Gasteiger partial charge in [-0.05, 0) is 48.9 Å². The molecular weight excluding hydrogens is 354 g/mol. The van der Waals surface area contributed by atoms with E-state index in [2.05, 4.69) is 13.0 Å². The second kappa shape index (κ2) is 11.1. The Kier molecular flexibility index (Phi) is 8.53. The number of aliphatic carboxylic acids is 1. The molecule has 28 heavy (non-hydrogen) atoms. The van der Waals surface area contributed by atoms with Crippen molar-refractivity contribution in [3.8, 4) is 0 Å². The van der Waals surface area contributed by atoms with Gasteiger partial charge in [0.25, 0.3) is 0 Å². The predicted octanol–water partition coefficient (Wildman–Crippen LogP) is 4.23. The van der Waals surface area contributed by atoms with Crippen LogP contribution in [0.2, 0.25) is 0 Å². The van der Waals surface area contributed by atoms with Gasteiger partial charge in [0, 0.05) is 18.7 Å². The number of aryl methyl sites for hydroxylation is 1. The lowest BCUT2D eigenvalue weighted by Gasteiger charge is -2.27. The van der Waals surface area contributed by atoms with Crippen molar-refractivity contribution in [2.75, 3.05) is 18.1 Å². The molecule has 0 aliphatic rings. The Balaban J connectivity index is 2.31. The number of carbonyl (C=O) groups excluding carboxylic acids is 1. The molecule has 0 bridgehead atoms. The van der Waals surface area contributed by atoms with Crippen molar-refractivity contribution in [3.63, 3.8) is 0 Å². The van der Waals surface area contributed by atoms with E-state index in [1.807, 2.05) is 47.4 Å². The molecule has 0 amide bonds. The molecule has 0 saturated heterocycles. The zero-order chi connectivity index (χ0) is 20.4. The molecule has 2 aromatic carbocycles. The molecule has 0 aromatic heterocycles. The Labute approximate surface area is 166 Å². The van der Waals surface area contributed by atoms with Crippen molar-refractivity contribution in [1.82, 2.24) is 0 Å². The first kappa shape index (κ1) is 21.5. The summed E-state index contributed by atoms with van der Waals surface area (Å²) in [5, 5.41) is 8.91. The van der Waals surface area contributed by atoms with E-state index >= 15 is 0 Å². The lowest BCUT2D eigenvalue weighted by molar-refractivity contribution is -0.141. The van der Waals surface area contributed by atoms with Gasteiger partial charge in [-0.1, -0.05) is 49.4 Å². The van der Waals surface area contributed by atoms with Crippen LogP contribution in [0.25, 0.3) is 0 Å². The molecule has 0 spiro atoms. The highest BCUT2D eigenvalue weighted by molar-refractivity contribution is 5.76. The molecule has 5 heteroatoms. The van der Waals surface area contributed by atoms with Gasteiger partial charge in [0.15, 0.2) is 0 Å². The van der Waals surface area contributed by atoms with Gasteiger partial charge in [0.1, 0.15) is 6.54 Å². The summed E-state index contributed by atoms with van der Waals surface area (Å²) < 4.78 is 5.18. The normalized spacial score (nSPS) is 10.5. The van der Waals surface area contributed by atoms with E-state index in [-0.39, 0.29) is 18.9 Å². The first-order chi connectivity index (χ1) is 13.5. The smallest absolute Gasteiger partial charge is 0.325 e. The first-order valence-electron chi connectivity index (χ1n) is 9.82. The minimum atomic E-state index is -0.776. The van der Waals surface area contributed by atoms with E-state index in [0.29, 0.717) is 26.0 Å². The molecule has 0 radical (unpaired) electrons. The third-order valence-electron chi connectivity index (χ3n) is 4.62. The number of ether oxygens (including phenoxy) is 1. The number of hydrogen-bond donors (Lipinski definition) is 1. The highest BCUT2D eigenvalue weighted by Crippen LogP contribution is 2.27. The fourth-order valence-electron chi connectivity index (χ4n) is 3.38. The van der Waals surface area contributed by atoms with E-state index in [4.69, 9.17) is 9.84 Å². The van der Waals surface area contributed by atoms with Gasteiger partial charge < -0.3 is 14.7 Å². The summed E-state index contributed by atoms with van der Waals surface area (Å²) in [6.07, 6.45) is 2.28. The molecule has 0 heterocycles. The summed E-state index contributed by atoms with van der Waals surface area (Å²) in [5.41, 5.74) is 4.42. The number of carboxylic acids is 1. The topological polar surface area (TPSA) is 66.8 Å². The van der Waals surface area contributed by atoms with Crippen LogP contribution in [0, 0.1) is 0 Å². The van der Waals surface area contributed by atoms with E-state index in [0.717, 1.165) is 28.8 Å². The summed E-state index contributed by atoms with van der Waals surface area (Å²) in [5.74, 6) is -1.03. The zero-order valence-electron chi connectivity index (χ0n) is 16.7. The van der Waals surface area contributed by atoms with Gasteiger partial charge >= 0.3 is 11.9 Å². The molecule has 2 rings (SSSR count). The molecule has 0 atom stereocenters. The number of benzene rings is 2. The Hall–Kier alpha value is -2.82. The highest BCUT2D eigenvalue weighted by Gasteiger charge is 2.18. The summed E-state index contributed by atoms with van der Waals surface area (Å²) >= 11 is 0. The van der Waals surface area contributed by atoms with Crippen LogP contribution in [0.4, 0.5) is 5.69 Å². The van der Waals surface area contributed by atoms with Crippen LogP contribution < -0.4 is 4.90 Å². The maximum absolute atomic E-state index is 12.2. The third kappa shape index (κ3) is 6.41. The number of carbonyl (C=O) groups is 2. The fraction of sp³-hybridized carbons (Fsp3) is 0.391. The predicted molar refractivity (Wildman–Crippen MR) is 111 cm³/mol. The molecule has 0 aliphatic carbocycles. The standard InChI is InChI=1S/C23H29NO4/c1-3-20-19(13-9-15-22(25)26)12-8-14-21(20)24(17-23(27)28-4-2)16-18-10-6-5-7-11-18/h5-8,10-12,14H,3-4,9,13,15-17H2,1-2H3,(H,25,26). The van der Waals surface area contributed by atoms with Crippen LogP contribution in [0.3, 0.4) is 0 Å². The third-order valence-corrected chi connectivity index (χ3v) is 4.62. The number of rotatable bonds is 11. The molecule has 5 nitrogen and oxygen atoms in total. The molecule has 0 saturated carbocycles. The van der Waals surface area contributed by atoms with Crippen LogP contribution in [0.5, 0.6) is 0 Å². The van der Waals surface area contributed by atoms with Crippen molar-refractivity contribution in [2.45, 2.75) is 46.1 Å². The second-order valence-electron chi connectivity index (χ2n) is 6.66. The number of anilines is 1. The Morgan fingerprint density at radius 3 is 2.43 bits per heavy atom. The van der Waals surface area contributed by atoms with E-state index in [1.54, 1.807) is 6.92 Å². The van der Waals surface area contributed by atoms with Crippen LogP contribution in [-0.4, -0.2) is 30.2 Å². The van der Waals surface area contributed by atoms with Crippen molar-refractivity contribution in [1.29, 1.82) is 0 Å². The van der Waals surface area contributed by atoms with Gasteiger partial charge in [-0.15, -0.1) is 0 Å². The van der Waals surface area contributed by atoms with Crippen LogP contribution >= 0.6 is 0 Å². The summed E-state index contributed by atoms with van der Waals surface area (Å²) in [4.78, 5) is 25.1. The summed E-state index contributed by atoms with van der Waals surface area (Å²) in [6, 6.07) is 16.1. The Bertz CT molecular complexity index is 773. The van der Waals surface area contributed by atoms with Crippen molar-refractivity contribution in [2.24, 2.45) is 0 Å². The summed E-state index contributed by atoms with van der Waals surface area (Å²) in [6.45, 7) is 5.03. The molecule has 1 N–H and O–H groups in total. The Morgan fingerprint density at radius 1 is 1.04 bits per heavy atom. The van der Waals surface area contributed by atoms with E-state index < -0.39 is 5.97 Å². The van der Waals surface area contributed by atoms with Crippen LogP contribution in [0.15, 0.2) is 48.5 Å². The fourth-order valence-corrected chi connectivity index (χ4v) is 3.38. The Morgan fingerprint density at radius 2 is 1.79 bits per heavy atom. The number of hydrogen-bond acceptors (Lipinski definition) is 4. The molecule has 0 fully saturated rings. The molecule has 150 valence electrons. The maximum atomic E-state index is 12.2. The van der Waals surface area contributed by atoms with E-state index in [9.17, 15) is 9.59 Å². The van der Waals surface area contributed by atoms with Crippen LogP contribution in [-0.2, 0) is 33.7 Å². The lowest BCUT2D eigenvalue weighted by atomic mass is 9.97. The maximum Gasteiger partial charge on any atom is 0.325 e. The van der Waals surface area contributed by atoms with Gasteiger partial charge in [-0.3, -0.25) is 9.59 Å². The monoisotopic (exact) mass is 383 g/mol. The van der Waals surface area contributed by atoms with Crippen molar-refractivity contribution in [3.05, 3.63) is 65.2 Å². The highest BCUT2D eigenvalue weighted by atomic mass is 16.5. The average Bonchev–Trinajstić information content (AvgIpc) is 2.68. The molecular formula is C23H29NO4. The molecule has 0 unspecified atom stereocenters. The minimum Gasteiger partial charge on any atom is -0.481 e. The van der Waals surface area contributed by atoms with Gasteiger partial charge in [-0.2, -0.15) is 0 Å². The SMILES string of the molecule is CCOC(=O)CN(Cc1ccccc1)c1cccc(CCCC(=O)O)c1CC. The van der Waals surface area contributed by atoms with Gasteiger partial charge in [0.05, 0.1) is 6.61 Å². The summed E-state index contributed by atoms with van der Waals surface area (Å²) in [7, 11) is 0. The van der Waals surface area contributed by atoms with Gasteiger partial charge in [0.2, 0.25) is 0 Å².